The Hall–Kier alpha value is -2.43. The van der Waals surface area contributed by atoms with Gasteiger partial charge in [-0.2, -0.15) is 0 Å². The Morgan fingerprint density at radius 1 is 1.08 bits per heavy atom. The smallest absolute Gasteiger partial charge is 0.317 e. The van der Waals surface area contributed by atoms with Gasteiger partial charge >= 0.3 is 6.01 Å². The van der Waals surface area contributed by atoms with E-state index in [0.29, 0.717) is 12.6 Å². The molecule has 1 unspecified atom stereocenters. The van der Waals surface area contributed by atoms with Crippen LogP contribution in [0.25, 0.3) is 0 Å². The van der Waals surface area contributed by atoms with Gasteiger partial charge in [-0.15, -0.1) is 0 Å². The van der Waals surface area contributed by atoms with Gasteiger partial charge in [0.15, 0.2) is 0 Å². The molecule has 5 heteroatoms. The second kappa shape index (κ2) is 7.21. The lowest BCUT2D eigenvalue weighted by molar-refractivity contribution is 0.0515. The fraction of sp³-hybridized carbons (Fsp3) is 0.450. The lowest BCUT2D eigenvalue weighted by atomic mass is 10.0. The molecule has 2 heterocycles. The number of nitrogens with zero attached hydrogens (tertiary/aromatic N) is 3. The van der Waals surface area contributed by atoms with Crippen molar-refractivity contribution in [3.63, 3.8) is 0 Å². The second-order valence-corrected chi connectivity index (χ2v) is 6.87. The van der Waals surface area contributed by atoms with Gasteiger partial charge in [0.2, 0.25) is 0 Å². The quantitative estimate of drug-likeness (QED) is 0.860. The molecule has 3 rings (SSSR count). The summed E-state index contributed by atoms with van der Waals surface area (Å²) in [5.41, 5.74) is 4.86. The van der Waals surface area contributed by atoms with Crippen molar-refractivity contribution in [1.29, 1.82) is 0 Å². The number of likely N-dealkylation sites (tertiary alicyclic amines) is 1. The van der Waals surface area contributed by atoms with E-state index in [1.54, 1.807) is 0 Å². The van der Waals surface area contributed by atoms with Gasteiger partial charge in [-0.3, -0.25) is 4.79 Å². The Balaban J connectivity index is 1.69. The fourth-order valence-corrected chi connectivity index (χ4v) is 3.17. The summed E-state index contributed by atoms with van der Waals surface area (Å²) in [6.45, 7) is 9.28. The average molecular weight is 339 g/mol. The molecule has 1 atom stereocenters. The van der Waals surface area contributed by atoms with E-state index in [1.165, 1.54) is 5.56 Å². The molecular formula is C20H25N3O2. The van der Waals surface area contributed by atoms with E-state index >= 15 is 0 Å². The maximum absolute atomic E-state index is 12.8. The number of amides is 1. The Labute approximate surface area is 149 Å². The van der Waals surface area contributed by atoms with Crippen LogP contribution in [0, 0.1) is 27.7 Å². The van der Waals surface area contributed by atoms with Gasteiger partial charge in [-0.25, -0.2) is 9.97 Å². The lowest BCUT2D eigenvalue weighted by Gasteiger charge is -2.32. The first-order valence-electron chi connectivity index (χ1n) is 8.78. The molecule has 0 bridgehead atoms. The van der Waals surface area contributed by atoms with Crippen LogP contribution >= 0.6 is 0 Å². The zero-order valence-corrected chi connectivity index (χ0v) is 15.4. The average Bonchev–Trinajstić information content (AvgIpc) is 2.56. The second-order valence-electron chi connectivity index (χ2n) is 6.87. The maximum atomic E-state index is 12.8. The minimum Gasteiger partial charge on any atom is -0.458 e. The Morgan fingerprint density at radius 3 is 2.48 bits per heavy atom. The highest BCUT2D eigenvalue weighted by atomic mass is 16.5. The van der Waals surface area contributed by atoms with Crippen molar-refractivity contribution in [3.8, 4) is 6.01 Å². The van der Waals surface area contributed by atoms with E-state index in [4.69, 9.17) is 4.74 Å². The number of aromatic nitrogens is 2. The zero-order valence-electron chi connectivity index (χ0n) is 15.4. The summed E-state index contributed by atoms with van der Waals surface area (Å²) in [4.78, 5) is 23.4. The van der Waals surface area contributed by atoms with E-state index in [9.17, 15) is 4.79 Å². The van der Waals surface area contributed by atoms with Crippen LogP contribution in [0.4, 0.5) is 0 Å². The fourth-order valence-electron chi connectivity index (χ4n) is 3.17. The van der Waals surface area contributed by atoms with Crippen LogP contribution < -0.4 is 4.74 Å². The van der Waals surface area contributed by atoms with Crippen LogP contribution in [0.3, 0.4) is 0 Å². The van der Waals surface area contributed by atoms with Gasteiger partial charge in [-0.1, -0.05) is 6.07 Å². The van der Waals surface area contributed by atoms with Crippen molar-refractivity contribution < 1.29 is 9.53 Å². The number of benzene rings is 1. The van der Waals surface area contributed by atoms with Gasteiger partial charge in [-0.05, 0) is 69.9 Å². The maximum Gasteiger partial charge on any atom is 0.317 e. The van der Waals surface area contributed by atoms with E-state index in [1.807, 2.05) is 49.9 Å². The first-order chi connectivity index (χ1) is 11.9. The topological polar surface area (TPSA) is 55.3 Å². The monoisotopic (exact) mass is 339 g/mol. The third kappa shape index (κ3) is 4.16. The summed E-state index contributed by atoms with van der Waals surface area (Å²) in [5, 5.41) is 0. The molecule has 0 N–H and O–H groups in total. The van der Waals surface area contributed by atoms with E-state index in [-0.39, 0.29) is 12.0 Å². The number of hydrogen-bond acceptors (Lipinski definition) is 4. The van der Waals surface area contributed by atoms with Crippen LogP contribution in [0.2, 0.25) is 0 Å². The lowest BCUT2D eigenvalue weighted by Crippen LogP contribution is -2.44. The first-order valence-corrected chi connectivity index (χ1v) is 8.78. The highest BCUT2D eigenvalue weighted by Gasteiger charge is 2.26. The molecular weight excluding hydrogens is 314 g/mol. The number of carbonyl (C=O) groups excluding carboxylic acids is 1. The molecule has 0 saturated carbocycles. The van der Waals surface area contributed by atoms with Gasteiger partial charge < -0.3 is 9.64 Å². The highest BCUT2D eigenvalue weighted by molar-refractivity contribution is 5.94. The molecule has 132 valence electrons. The van der Waals surface area contributed by atoms with Gasteiger partial charge in [0, 0.05) is 23.5 Å². The molecule has 1 aliphatic heterocycles. The molecule has 5 nitrogen and oxygen atoms in total. The zero-order chi connectivity index (χ0) is 18.0. The predicted octanol–water partition coefficient (Wildman–Crippen LogP) is 3.39. The molecule has 25 heavy (non-hydrogen) atoms. The van der Waals surface area contributed by atoms with Gasteiger partial charge in [0.05, 0.1) is 6.54 Å². The third-order valence-electron chi connectivity index (χ3n) is 4.65. The molecule has 1 fully saturated rings. The summed E-state index contributed by atoms with van der Waals surface area (Å²) in [5.74, 6) is 0.0674. The Kier molecular flexibility index (Phi) is 5.02. The summed E-state index contributed by atoms with van der Waals surface area (Å²) >= 11 is 0. The summed E-state index contributed by atoms with van der Waals surface area (Å²) in [7, 11) is 0. The van der Waals surface area contributed by atoms with Crippen LogP contribution in [0.1, 0.15) is 45.7 Å². The molecule has 2 aromatic rings. The molecule has 1 amide bonds. The van der Waals surface area contributed by atoms with Crippen LogP contribution in [0.5, 0.6) is 6.01 Å². The molecule has 0 radical (unpaired) electrons. The molecule has 1 aromatic carbocycles. The van der Waals surface area contributed by atoms with Crippen molar-refractivity contribution in [3.05, 3.63) is 52.3 Å². The third-order valence-corrected chi connectivity index (χ3v) is 4.65. The molecule has 1 saturated heterocycles. The van der Waals surface area contributed by atoms with Crippen LogP contribution in [-0.4, -0.2) is 40.0 Å². The standard InChI is InChI=1S/C20H25N3O2/c1-13-7-8-17(10-14(13)2)19(24)23-9-5-6-18(12-23)25-20-21-15(3)11-16(4)22-20/h7-8,10-11,18H,5-6,9,12H2,1-4H3. The van der Waals surface area contributed by atoms with E-state index in [2.05, 4.69) is 16.9 Å². The Morgan fingerprint density at radius 2 is 1.80 bits per heavy atom. The summed E-state index contributed by atoms with van der Waals surface area (Å²) in [6, 6.07) is 8.20. The number of carbonyl (C=O) groups is 1. The largest absolute Gasteiger partial charge is 0.458 e. The van der Waals surface area contributed by atoms with Crippen molar-refractivity contribution in [2.24, 2.45) is 0 Å². The molecule has 0 spiro atoms. The van der Waals surface area contributed by atoms with E-state index < -0.39 is 0 Å². The van der Waals surface area contributed by atoms with Crippen molar-refractivity contribution in [1.82, 2.24) is 14.9 Å². The predicted molar refractivity (Wildman–Crippen MR) is 97.0 cm³/mol. The minimum atomic E-state index is -0.0644. The molecule has 1 aliphatic rings. The van der Waals surface area contributed by atoms with Gasteiger partial charge in [0.25, 0.3) is 5.91 Å². The van der Waals surface area contributed by atoms with Crippen molar-refractivity contribution in [2.75, 3.05) is 13.1 Å². The van der Waals surface area contributed by atoms with E-state index in [0.717, 1.165) is 41.9 Å². The van der Waals surface area contributed by atoms with Crippen molar-refractivity contribution >= 4 is 5.91 Å². The normalized spacial score (nSPS) is 17.4. The number of ether oxygens (including phenoxy) is 1. The van der Waals surface area contributed by atoms with Crippen LogP contribution in [-0.2, 0) is 0 Å². The summed E-state index contributed by atoms with van der Waals surface area (Å²) in [6.07, 6.45) is 1.77. The first kappa shape index (κ1) is 17.4. The number of piperidine rings is 1. The minimum absolute atomic E-state index is 0.0644. The Bertz CT molecular complexity index is 768. The highest BCUT2D eigenvalue weighted by Crippen LogP contribution is 2.19. The van der Waals surface area contributed by atoms with Crippen LogP contribution in [0.15, 0.2) is 24.3 Å². The molecule has 0 aliphatic carbocycles. The van der Waals surface area contributed by atoms with Gasteiger partial charge in [0.1, 0.15) is 6.10 Å². The SMILES string of the molecule is Cc1cc(C)nc(OC2CCCN(C(=O)c3ccc(C)c(C)c3)C2)n1. The number of hydrogen-bond donors (Lipinski definition) is 0. The number of rotatable bonds is 3. The molecule has 1 aromatic heterocycles. The summed E-state index contributed by atoms with van der Waals surface area (Å²) < 4.78 is 5.96. The van der Waals surface area contributed by atoms with Crippen molar-refractivity contribution in [2.45, 2.75) is 46.6 Å². The number of aryl methyl sites for hydroxylation is 4.